The highest BCUT2D eigenvalue weighted by molar-refractivity contribution is 8.70. The van der Waals surface area contributed by atoms with Crippen LogP contribution in [0.1, 0.15) is 33.4 Å². The van der Waals surface area contributed by atoms with Gasteiger partial charge in [-0.3, -0.25) is 4.99 Å². The number of nitrogens with two attached hydrogens (primary N) is 2. The minimum Gasteiger partial charge on any atom is -0.445 e. The van der Waals surface area contributed by atoms with E-state index in [1.807, 2.05) is 97.1 Å². The topological polar surface area (TPSA) is 159 Å². The molecule has 0 atom stereocenters. The van der Waals surface area contributed by atoms with Crippen LogP contribution in [-0.4, -0.2) is 68.1 Å². The molecule has 0 radical (unpaired) electrons. The summed E-state index contributed by atoms with van der Waals surface area (Å²) in [4.78, 5) is 31.4. The fourth-order valence-corrected chi connectivity index (χ4v) is 15.4. The van der Waals surface area contributed by atoms with Crippen molar-refractivity contribution in [2.45, 2.75) is 26.3 Å². The van der Waals surface area contributed by atoms with Crippen molar-refractivity contribution in [1.82, 2.24) is 15.1 Å². The molecule has 5 N–H and O–H groups in total. The van der Waals surface area contributed by atoms with Gasteiger partial charge in [-0.25, -0.2) is 9.59 Å². The first kappa shape index (κ1) is 49.2. The molecule has 1 heterocycles. The molecule has 0 saturated heterocycles. The summed E-state index contributed by atoms with van der Waals surface area (Å²) in [6.07, 6.45) is -0.701. The van der Waals surface area contributed by atoms with Gasteiger partial charge in [-0.2, -0.15) is 5.26 Å². The van der Waals surface area contributed by atoms with Crippen LogP contribution in [0, 0.1) is 11.3 Å². The summed E-state index contributed by atoms with van der Waals surface area (Å²) >= 11 is 9.21. The molecule has 0 bridgehead atoms. The molecule has 0 unspecified atom stereocenters. The van der Waals surface area contributed by atoms with Gasteiger partial charge < -0.3 is 36.1 Å². The molecule has 1 aliphatic heterocycles. The van der Waals surface area contributed by atoms with Crippen LogP contribution in [0.5, 0.6) is 0 Å². The van der Waals surface area contributed by atoms with Gasteiger partial charge in [0, 0.05) is 128 Å². The molecule has 0 fully saturated rings. The monoisotopic (exact) mass is 919 g/mol. The highest BCUT2D eigenvalue weighted by atomic mass is 33.4. The summed E-state index contributed by atoms with van der Waals surface area (Å²) in [5, 5.41) is 12.0. The minimum absolute atomic E-state index is 0.261. The van der Waals surface area contributed by atoms with Crippen LogP contribution < -0.4 is 16.8 Å². The number of carbonyl (C=O) groups is 2. The summed E-state index contributed by atoms with van der Waals surface area (Å²) in [7, 11) is 12.5. The van der Waals surface area contributed by atoms with Crippen LogP contribution in [0.3, 0.4) is 0 Å². The van der Waals surface area contributed by atoms with Crippen LogP contribution in [0.4, 0.5) is 9.59 Å². The SMILES string of the molecule is CN(Cc1ccc(C#N)cc1)C(=O)OCc1ccccc1.CN(Cc1ccc(C2=NCCN2)cc1)C(=O)OCc1ccccc1.NCCN.S=S=S=S=S=S=S=S. The fourth-order valence-electron chi connectivity index (χ4n) is 4.43. The summed E-state index contributed by atoms with van der Waals surface area (Å²) in [5.41, 5.74) is 15.4. The third-order valence-electron chi connectivity index (χ3n) is 7.16. The molecular formula is C38H45N7O4S8. The van der Waals surface area contributed by atoms with E-state index in [-0.39, 0.29) is 25.4 Å². The van der Waals surface area contributed by atoms with Gasteiger partial charge in [-0.05, 0) is 34.4 Å². The van der Waals surface area contributed by atoms with E-state index in [0.717, 1.165) is 46.7 Å². The Hall–Kier alpha value is -3.94. The Bertz CT molecular complexity index is 2110. The maximum atomic E-state index is 12.1. The van der Waals surface area contributed by atoms with Crippen LogP contribution in [0.25, 0.3) is 0 Å². The molecular weight excluding hydrogens is 875 g/mol. The number of hydrogen-bond acceptors (Lipinski definition) is 11. The van der Waals surface area contributed by atoms with Gasteiger partial charge >= 0.3 is 12.2 Å². The van der Waals surface area contributed by atoms with E-state index < -0.39 is 0 Å². The number of aliphatic imine (C=N–C) groups is 1. The molecule has 0 aromatic heterocycles. The van der Waals surface area contributed by atoms with Crippen LogP contribution in [0.15, 0.2) is 114 Å². The van der Waals surface area contributed by atoms with E-state index in [1.54, 1.807) is 66.6 Å². The largest absolute Gasteiger partial charge is 0.445 e. The van der Waals surface area contributed by atoms with E-state index in [1.165, 1.54) is 22.7 Å². The average Bonchev–Trinajstić information content (AvgIpc) is 3.81. The zero-order valence-corrected chi connectivity index (χ0v) is 37.9. The fraction of sp³-hybridized carbons (Fsp3) is 0.263. The maximum absolute atomic E-state index is 12.1. The van der Waals surface area contributed by atoms with Crippen molar-refractivity contribution >= 4 is 93.7 Å². The number of nitriles is 1. The second-order valence-electron chi connectivity index (χ2n) is 11.4. The smallest absolute Gasteiger partial charge is 0.410 e. The summed E-state index contributed by atoms with van der Waals surface area (Å²) in [5.74, 6) is 0.942. The number of nitrogens with zero attached hydrogens (tertiary/aromatic N) is 4. The maximum Gasteiger partial charge on any atom is 0.410 e. The Morgan fingerprint density at radius 3 is 1.51 bits per heavy atom. The van der Waals surface area contributed by atoms with Crippen molar-refractivity contribution in [3.05, 3.63) is 143 Å². The van der Waals surface area contributed by atoms with Gasteiger partial charge in [0.05, 0.1) is 18.2 Å². The first-order chi connectivity index (χ1) is 27.7. The number of amides is 2. The normalized spacial score (nSPS) is 10.5. The number of nitrogens with one attached hydrogen (secondary N) is 1. The minimum atomic E-state index is -0.372. The van der Waals surface area contributed by atoms with Crippen LogP contribution in [-0.2, 0) is 111 Å². The molecule has 19 heteroatoms. The third-order valence-corrected chi connectivity index (χ3v) is 18.3. The van der Waals surface area contributed by atoms with E-state index in [0.29, 0.717) is 31.7 Å². The zero-order valence-electron chi connectivity index (χ0n) is 31.4. The highest BCUT2D eigenvalue weighted by Crippen LogP contribution is 2.11. The summed E-state index contributed by atoms with van der Waals surface area (Å²) in [6, 6.07) is 36.5. The Morgan fingerprint density at radius 2 is 1.14 bits per heavy atom. The molecule has 2 amide bonds. The number of rotatable bonds is 10. The summed E-state index contributed by atoms with van der Waals surface area (Å²) < 4.78 is 10.6. The highest BCUT2D eigenvalue weighted by Gasteiger charge is 2.13. The predicted octanol–water partition coefficient (Wildman–Crippen LogP) is 5.02. The van der Waals surface area contributed by atoms with Gasteiger partial charge in [-0.1, -0.05) is 97.1 Å². The Balaban J connectivity index is 0.000000309. The zero-order chi connectivity index (χ0) is 41.5. The second kappa shape index (κ2) is 31.1. The lowest BCUT2D eigenvalue weighted by Gasteiger charge is -2.17. The molecule has 0 saturated carbocycles. The number of hydrogen-bond donors (Lipinski definition) is 3. The van der Waals surface area contributed by atoms with E-state index in [4.69, 9.17) is 26.2 Å². The average molecular weight is 920 g/mol. The van der Waals surface area contributed by atoms with Crippen molar-refractivity contribution in [1.29, 1.82) is 5.26 Å². The molecule has 4 aromatic carbocycles. The van der Waals surface area contributed by atoms with Gasteiger partial charge in [0.2, 0.25) is 0 Å². The van der Waals surface area contributed by atoms with Crippen molar-refractivity contribution in [2.75, 3.05) is 40.3 Å². The lowest BCUT2D eigenvalue weighted by atomic mass is 10.1. The Morgan fingerprint density at radius 1 is 0.702 bits per heavy atom. The van der Waals surface area contributed by atoms with Crippen LogP contribution >= 0.6 is 0 Å². The van der Waals surface area contributed by atoms with Crippen LogP contribution in [0.2, 0.25) is 0 Å². The number of ether oxygens (including phenoxy) is 2. The van der Waals surface area contributed by atoms with Crippen molar-refractivity contribution in [3.8, 4) is 6.07 Å². The number of amidine groups is 1. The predicted molar refractivity (Wildman–Crippen MR) is 250 cm³/mol. The molecule has 4 aromatic rings. The molecule has 11 nitrogen and oxygen atoms in total. The standard InChI is InChI=1S/C19H21N3O2.C17H16N2O2.C2H8N2.S8/c1-22(19(23)24-14-16-5-3-2-4-6-16)13-15-7-9-17(10-8-15)18-20-11-12-21-18;1-19(12-15-9-7-14(11-18)8-10-15)17(20)21-13-16-5-3-2-4-6-16;3-1-2-4;1-3-5-7-8-6-4-2/h2-10H,11-14H2,1H3,(H,20,21);2-10H,12-13H2,1H3;1-4H2;. The molecule has 0 spiro atoms. The third kappa shape index (κ3) is 22.0. The lowest BCUT2D eigenvalue weighted by Crippen LogP contribution is -2.27. The van der Waals surface area contributed by atoms with Gasteiger partial charge in [0.1, 0.15) is 19.0 Å². The van der Waals surface area contributed by atoms with E-state index >= 15 is 0 Å². The van der Waals surface area contributed by atoms with E-state index in [9.17, 15) is 9.59 Å². The quantitative estimate of drug-likeness (QED) is 0.197. The molecule has 57 heavy (non-hydrogen) atoms. The van der Waals surface area contributed by atoms with Gasteiger partial charge in [0.25, 0.3) is 0 Å². The molecule has 304 valence electrons. The number of carbonyl (C=O) groups excluding carboxylic acids is 2. The first-order valence-electron chi connectivity index (χ1n) is 17.1. The molecule has 5 rings (SSSR count). The lowest BCUT2D eigenvalue weighted by molar-refractivity contribution is 0.102. The Kier molecular flexibility index (Phi) is 26.8. The first-order valence-corrected chi connectivity index (χ1v) is 26.4. The Labute approximate surface area is 362 Å². The van der Waals surface area contributed by atoms with Gasteiger partial charge in [-0.15, -0.1) is 0 Å². The van der Waals surface area contributed by atoms with Crippen molar-refractivity contribution in [3.63, 3.8) is 0 Å². The van der Waals surface area contributed by atoms with Gasteiger partial charge in [0.15, 0.2) is 0 Å². The second-order valence-corrected chi connectivity index (χ2v) is 22.1. The molecule has 1 aliphatic rings. The van der Waals surface area contributed by atoms with Crippen molar-refractivity contribution in [2.24, 2.45) is 16.5 Å². The number of benzene rings is 4. The van der Waals surface area contributed by atoms with Crippen molar-refractivity contribution < 1.29 is 19.1 Å². The van der Waals surface area contributed by atoms with E-state index in [2.05, 4.69) is 38.8 Å². The summed E-state index contributed by atoms with van der Waals surface area (Å²) in [6.45, 7) is 4.42. The molecule has 0 aliphatic carbocycles.